The minimum Gasteiger partial charge on any atom is -0.432 e. The average Bonchev–Trinajstić information content (AvgIpc) is 2.08. The largest absolute Gasteiger partial charge is 0.432 e. The van der Waals surface area contributed by atoms with Gasteiger partial charge in [-0.3, -0.25) is 0 Å². The second-order valence-corrected chi connectivity index (χ2v) is 25.3. The molecule has 0 aromatic heterocycles. The van der Waals surface area contributed by atoms with E-state index in [-0.39, 0.29) is 47.8 Å². The fourth-order valence-corrected chi connectivity index (χ4v) is 0. The third-order valence-corrected chi connectivity index (χ3v) is 16.5. The zero-order valence-electron chi connectivity index (χ0n) is 19.9. The second kappa shape index (κ2) is 11.0. The molecule has 0 spiro atoms. The van der Waals surface area contributed by atoms with Crippen LogP contribution in [0.5, 0.6) is 0 Å². The van der Waals surface area contributed by atoms with Gasteiger partial charge in [-0.15, -0.1) is 0 Å². The summed E-state index contributed by atoms with van der Waals surface area (Å²) in [5, 5.41) is 0.396. The van der Waals surface area contributed by atoms with Gasteiger partial charge in [0.2, 0.25) is 0 Å². The minimum absolute atomic E-state index is 0. The van der Waals surface area contributed by atoms with Crippen LogP contribution in [0.2, 0.25) is 54.4 Å². The third-order valence-electron chi connectivity index (χ3n) is 5.51. The summed E-state index contributed by atoms with van der Waals surface area (Å²) in [4.78, 5) is 28.5. The van der Waals surface area contributed by atoms with Crippen molar-refractivity contribution in [3.05, 3.63) is 0 Å². The molecule has 0 aliphatic heterocycles. The molecular weight excluding hydrogens is 437 g/mol. The topological polar surface area (TPSA) is 60.7 Å². The van der Waals surface area contributed by atoms with Crippen molar-refractivity contribution in [3.8, 4) is 0 Å². The summed E-state index contributed by atoms with van der Waals surface area (Å²) in [5.41, 5.74) is 0. The first kappa shape index (κ1) is 34.2. The van der Waals surface area contributed by atoms with E-state index in [0.29, 0.717) is 0 Å². The molecule has 0 fully saturated rings. The Labute approximate surface area is 187 Å². The number of hydrogen-bond acceptors (Lipinski definition) is 3. The Hall–Kier alpha value is 1.63. The molecule has 3 nitrogen and oxygen atoms in total. The van der Waals surface area contributed by atoms with Gasteiger partial charge in [-0.2, -0.15) is 0 Å². The van der Waals surface area contributed by atoms with Gasteiger partial charge in [0.1, 0.15) is 0 Å². The summed E-state index contributed by atoms with van der Waals surface area (Å²) in [6.45, 7) is 30.5. The van der Waals surface area contributed by atoms with Crippen molar-refractivity contribution in [1.29, 1.82) is 0 Å². The van der Waals surface area contributed by atoms with Crippen molar-refractivity contribution >= 4 is 25.0 Å². The molecule has 0 heterocycles. The molecule has 0 saturated carbocycles. The maximum atomic E-state index is 9.49. The first-order chi connectivity index (χ1) is 9.75. The van der Waals surface area contributed by atoms with Gasteiger partial charge in [0.15, 0.2) is 25.0 Å². The predicted molar refractivity (Wildman–Crippen MR) is 118 cm³/mol. The molecule has 0 saturated heterocycles. The Morgan fingerprint density at radius 2 is 0.440 bits per heavy atom. The Balaban J connectivity index is -0.000000130. The normalized spacial score (nSPS) is 13.7. The molecule has 0 atom stereocenters. The fourth-order valence-electron chi connectivity index (χ4n) is 0. The maximum absolute atomic E-state index is 9.49. The summed E-state index contributed by atoms with van der Waals surface area (Å²) < 4.78 is 0. The molecule has 0 rings (SSSR count). The smallest absolute Gasteiger partial charge is 0.187 e. The zero-order chi connectivity index (χ0) is 21.0. The number of hydrogen-bond donors (Lipinski definition) is 3. The molecule has 0 aliphatic carbocycles. The van der Waals surface area contributed by atoms with Gasteiger partial charge in [0.25, 0.3) is 0 Å². The summed E-state index contributed by atoms with van der Waals surface area (Å²) in [5.74, 6) is 0. The fraction of sp³-hybridized carbons (Fsp3) is 1.00. The standard InChI is InChI=1S/3C6H16OSi.Y/c3*1-6(2,3)8(4,5)7;/h3*7H,1-5H3;. The van der Waals surface area contributed by atoms with E-state index in [4.69, 9.17) is 0 Å². The number of rotatable bonds is 0. The van der Waals surface area contributed by atoms with Gasteiger partial charge in [-0.1, -0.05) is 62.3 Å². The van der Waals surface area contributed by atoms with Crippen LogP contribution < -0.4 is 0 Å². The quantitative estimate of drug-likeness (QED) is 0.372. The molecule has 0 bridgehead atoms. The summed E-state index contributed by atoms with van der Waals surface area (Å²) in [6.07, 6.45) is 0. The van der Waals surface area contributed by atoms with Crippen LogP contribution in [0.25, 0.3) is 0 Å². The summed E-state index contributed by atoms with van der Waals surface area (Å²) in [6, 6.07) is 0. The maximum Gasteiger partial charge on any atom is 0.187 e. The Morgan fingerprint density at radius 3 is 0.440 bits per heavy atom. The molecule has 0 aliphatic rings. The zero-order valence-corrected chi connectivity index (χ0v) is 25.8. The molecule has 0 amide bonds. The van der Waals surface area contributed by atoms with Gasteiger partial charge >= 0.3 is 0 Å². The van der Waals surface area contributed by atoms with E-state index in [1.807, 2.05) is 39.3 Å². The Kier molecular flexibility index (Phi) is 15.0. The molecule has 1 radical (unpaired) electrons. The molecule has 153 valence electrons. The molecule has 25 heavy (non-hydrogen) atoms. The van der Waals surface area contributed by atoms with E-state index >= 15 is 0 Å². The van der Waals surface area contributed by atoms with Crippen LogP contribution in [0.4, 0.5) is 0 Å². The van der Waals surface area contributed by atoms with Crippen molar-refractivity contribution < 1.29 is 47.1 Å². The Bertz CT molecular complexity index is 254. The van der Waals surface area contributed by atoms with Crippen LogP contribution in [0.3, 0.4) is 0 Å². The second-order valence-electron chi connectivity index (χ2n) is 11.4. The van der Waals surface area contributed by atoms with Crippen LogP contribution in [-0.2, 0) is 32.7 Å². The Morgan fingerprint density at radius 1 is 0.400 bits per heavy atom. The van der Waals surface area contributed by atoms with Crippen molar-refractivity contribution in [2.24, 2.45) is 0 Å². The van der Waals surface area contributed by atoms with Gasteiger partial charge in [0, 0.05) is 32.7 Å². The van der Waals surface area contributed by atoms with Crippen molar-refractivity contribution in [3.63, 3.8) is 0 Å². The molecular formula is C18H48O3Si3Y. The predicted octanol–water partition coefficient (Wildman–Crippen LogP) is 5.95. The van der Waals surface area contributed by atoms with E-state index < -0.39 is 25.0 Å². The van der Waals surface area contributed by atoms with Crippen LogP contribution in [0, 0.1) is 0 Å². The average molecular weight is 486 g/mol. The van der Waals surface area contributed by atoms with Crippen LogP contribution in [0.1, 0.15) is 62.3 Å². The van der Waals surface area contributed by atoms with Crippen molar-refractivity contribution in [2.45, 2.75) is 117 Å². The SMILES string of the molecule is CC(C)(C)[Si](C)(C)O.CC(C)(C)[Si](C)(C)O.CC(C)(C)[Si](C)(C)O.[Y]. The van der Waals surface area contributed by atoms with Crippen molar-refractivity contribution in [1.82, 2.24) is 0 Å². The molecule has 3 N–H and O–H groups in total. The monoisotopic (exact) mass is 485 g/mol. The van der Waals surface area contributed by atoms with E-state index in [1.54, 1.807) is 0 Å². The van der Waals surface area contributed by atoms with E-state index in [9.17, 15) is 14.4 Å². The van der Waals surface area contributed by atoms with Gasteiger partial charge in [0.05, 0.1) is 0 Å². The summed E-state index contributed by atoms with van der Waals surface area (Å²) in [7, 11) is -5.58. The van der Waals surface area contributed by atoms with E-state index in [0.717, 1.165) is 0 Å². The summed E-state index contributed by atoms with van der Waals surface area (Å²) >= 11 is 0. The van der Waals surface area contributed by atoms with Crippen LogP contribution >= 0.6 is 0 Å². The third kappa shape index (κ3) is 17.5. The first-order valence-electron chi connectivity index (χ1n) is 8.92. The molecule has 0 aromatic carbocycles. The van der Waals surface area contributed by atoms with E-state index in [1.165, 1.54) is 0 Å². The van der Waals surface area contributed by atoms with Crippen LogP contribution in [-0.4, -0.2) is 39.3 Å². The van der Waals surface area contributed by atoms with Gasteiger partial charge < -0.3 is 14.4 Å². The van der Waals surface area contributed by atoms with Gasteiger partial charge in [-0.05, 0) is 54.4 Å². The van der Waals surface area contributed by atoms with Crippen molar-refractivity contribution in [2.75, 3.05) is 0 Å². The molecule has 0 aromatic rings. The molecule has 0 unspecified atom stereocenters. The van der Waals surface area contributed by atoms with E-state index in [2.05, 4.69) is 62.3 Å². The van der Waals surface area contributed by atoms with Crippen LogP contribution in [0.15, 0.2) is 0 Å². The molecule has 7 heteroatoms. The van der Waals surface area contributed by atoms with Gasteiger partial charge in [-0.25, -0.2) is 0 Å². The first-order valence-corrected chi connectivity index (χ1v) is 17.8. The minimum atomic E-state index is -1.86.